The molecule has 10 heteroatoms. The molecule has 3 aromatic carbocycles. The van der Waals surface area contributed by atoms with Crippen molar-refractivity contribution in [1.82, 2.24) is 15.5 Å². The number of nitrogens with one attached hydrogen (secondary N) is 2. The Labute approximate surface area is 185 Å². The number of aromatic nitrogens is 2. The number of hydrogen-bond donors (Lipinski definition) is 2. The van der Waals surface area contributed by atoms with Crippen molar-refractivity contribution < 1.29 is 26.8 Å². The van der Waals surface area contributed by atoms with Gasteiger partial charge >= 0.3 is 12.2 Å². The van der Waals surface area contributed by atoms with Gasteiger partial charge in [-0.2, -0.15) is 13.2 Å². The van der Waals surface area contributed by atoms with Gasteiger partial charge in [0.15, 0.2) is 0 Å². The van der Waals surface area contributed by atoms with Gasteiger partial charge in [0, 0.05) is 11.3 Å². The fourth-order valence-electron chi connectivity index (χ4n) is 3.06. The molecule has 0 unspecified atom stereocenters. The molecule has 1 atom stereocenters. The molecule has 4 aromatic rings. The maximum Gasteiger partial charge on any atom is 0.416 e. The molecule has 33 heavy (non-hydrogen) atoms. The predicted octanol–water partition coefficient (Wildman–Crippen LogP) is 5.81. The third-order valence-electron chi connectivity index (χ3n) is 4.63. The van der Waals surface area contributed by atoms with Crippen LogP contribution in [-0.4, -0.2) is 16.2 Å². The summed E-state index contributed by atoms with van der Waals surface area (Å²) in [5, 5.41) is 12.9. The number of anilines is 1. The van der Waals surface area contributed by atoms with E-state index in [4.69, 9.17) is 4.42 Å². The van der Waals surface area contributed by atoms with Gasteiger partial charge in [0.2, 0.25) is 11.8 Å². The van der Waals surface area contributed by atoms with Crippen LogP contribution in [0.15, 0.2) is 83.3 Å². The summed E-state index contributed by atoms with van der Waals surface area (Å²) in [5.74, 6) is -0.265. The van der Waals surface area contributed by atoms with Crippen molar-refractivity contribution in [2.45, 2.75) is 12.2 Å². The van der Waals surface area contributed by atoms with Crippen molar-refractivity contribution in [2.75, 3.05) is 5.32 Å². The zero-order valence-corrected chi connectivity index (χ0v) is 16.8. The molecular weight excluding hydrogens is 440 g/mol. The van der Waals surface area contributed by atoms with Crippen LogP contribution in [0.3, 0.4) is 0 Å². The van der Waals surface area contributed by atoms with E-state index in [0.717, 1.165) is 12.1 Å². The molecule has 0 saturated heterocycles. The number of amides is 2. The van der Waals surface area contributed by atoms with E-state index in [-0.39, 0.29) is 17.5 Å². The fourth-order valence-corrected chi connectivity index (χ4v) is 3.06. The number of carbonyl (C=O) groups excluding carboxylic acids is 1. The number of benzene rings is 3. The van der Waals surface area contributed by atoms with E-state index in [1.54, 1.807) is 24.3 Å². The van der Waals surface area contributed by atoms with Crippen LogP contribution in [0, 0.1) is 5.82 Å². The largest absolute Gasteiger partial charge is 0.418 e. The summed E-state index contributed by atoms with van der Waals surface area (Å²) < 4.78 is 58.0. The lowest BCUT2D eigenvalue weighted by Gasteiger charge is -2.17. The van der Waals surface area contributed by atoms with Crippen molar-refractivity contribution in [1.29, 1.82) is 0 Å². The number of nitrogens with zero attached hydrogens (tertiary/aromatic N) is 2. The van der Waals surface area contributed by atoms with Gasteiger partial charge in [0.05, 0.1) is 5.56 Å². The summed E-state index contributed by atoms with van der Waals surface area (Å²) in [5.41, 5.74) is 0.122. The Morgan fingerprint density at radius 1 is 0.909 bits per heavy atom. The van der Waals surface area contributed by atoms with Gasteiger partial charge in [0.1, 0.15) is 11.9 Å². The van der Waals surface area contributed by atoms with Crippen LogP contribution in [-0.2, 0) is 6.18 Å². The molecule has 0 saturated carbocycles. The summed E-state index contributed by atoms with van der Waals surface area (Å²) in [6, 6.07) is 16.6. The van der Waals surface area contributed by atoms with Crippen molar-refractivity contribution in [3.63, 3.8) is 0 Å². The second-order valence-electron chi connectivity index (χ2n) is 6.97. The van der Waals surface area contributed by atoms with Gasteiger partial charge in [-0.25, -0.2) is 9.18 Å². The van der Waals surface area contributed by atoms with Gasteiger partial charge in [-0.15, -0.1) is 10.2 Å². The zero-order valence-electron chi connectivity index (χ0n) is 16.8. The summed E-state index contributed by atoms with van der Waals surface area (Å²) in [7, 11) is 0. The SMILES string of the molecule is O=C(Nc1cccc(C(F)(F)F)c1)N[C@@H](c1ccc(F)cc1)c1nnc(-c2ccccc2)o1. The Morgan fingerprint density at radius 2 is 1.64 bits per heavy atom. The molecule has 2 amide bonds. The van der Waals surface area contributed by atoms with Crippen molar-refractivity contribution in [2.24, 2.45) is 0 Å². The molecule has 168 valence electrons. The maximum absolute atomic E-state index is 13.4. The highest BCUT2D eigenvalue weighted by atomic mass is 19.4. The van der Waals surface area contributed by atoms with Crippen LogP contribution >= 0.6 is 0 Å². The quantitative estimate of drug-likeness (QED) is 0.372. The highest BCUT2D eigenvalue weighted by molar-refractivity contribution is 5.89. The second kappa shape index (κ2) is 9.11. The molecule has 0 fully saturated rings. The molecule has 0 spiro atoms. The van der Waals surface area contributed by atoms with Crippen molar-refractivity contribution >= 4 is 11.7 Å². The molecule has 0 bridgehead atoms. The Bertz CT molecular complexity index is 1240. The predicted molar refractivity (Wildman–Crippen MR) is 112 cm³/mol. The smallest absolute Gasteiger partial charge is 0.416 e. The van der Waals surface area contributed by atoms with E-state index in [0.29, 0.717) is 11.1 Å². The van der Waals surface area contributed by atoms with E-state index in [1.807, 2.05) is 6.07 Å². The Kier molecular flexibility index (Phi) is 6.07. The van der Waals surface area contributed by atoms with E-state index >= 15 is 0 Å². The number of urea groups is 1. The minimum Gasteiger partial charge on any atom is -0.418 e. The lowest BCUT2D eigenvalue weighted by Crippen LogP contribution is -2.33. The number of rotatable bonds is 5. The highest BCUT2D eigenvalue weighted by Gasteiger charge is 2.30. The Balaban J connectivity index is 1.59. The van der Waals surface area contributed by atoms with Gasteiger partial charge in [-0.1, -0.05) is 36.4 Å². The van der Waals surface area contributed by atoms with Crippen LogP contribution < -0.4 is 10.6 Å². The molecule has 0 radical (unpaired) electrons. The fraction of sp³-hybridized carbons (Fsp3) is 0.0870. The van der Waals surface area contributed by atoms with Crippen molar-refractivity contribution in [3.8, 4) is 11.5 Å². The topological polar surface area (TPSA) is 80.0 Å². The molecule has 6 nitrogen and oxygen atoms in total. The second-order valence-corrected chi connectivity index (χ2v) is 6.97. The summed E-state index contributed by atoms with van der Waals surface area (Å²) in [4.78, 5) is 12.6. The van der Waals surface area contributed by atoms with Gasteiger partial charge < -0.3 is 15.1 Å². The Morgan fingerprint density at radius 3 is 2.33 bits per heavy atom. The van der Waals surface area contributed by atoms with Gasteiger partial charge in [-0.3, -0.25) is 0 Å². The normalized spacial score (nSPS) is 12.2. The van der Waals surface area contributed by atoms with Crippen LogP contribution in [0.25, 0.3) is 11.5 Å². The standard InChI is InChI=1S/C23H16F4N4O2/c24-17-11-9-14(10-12-17)19(21-31-30-20(33-21)15-5-2-1-3-6-15)29-22(32)28-18-8-4-7-16(13-18)23(25,26)27/h1-13,19H,(H2,28,29,32)/t19-/m0/s1. The first-order valence-corrected chi connectivity index (χ1v) is 9.68. The zero-order chi connectivity index (χ0) is 23.4. The third-order valence-corrected chi connectivity index (χ3v) is 4.63. The molecule has 1 heterocycles. The molecule has 0 aliphatic rings. The molecule has 0 aliphatic carbocycles. The third kappa shape index (κ3) is 5.35. The van der Waals surface area contributed by atoms with E-state index in [9.17, 15) is 22.4 Å². The van der Waals surface area contributed by atoms with E-state index in [1.165, 1.54) is 36.4 Å². The minimum absolute atomic E-state index is 0.0136. The monoisotopic (exact) mass is 456 g/mol. The first-order valence-electron chi connectivity index (χ1n) is 9.68. The van der Waals surface area contributed by atoms with E-state index in [2.05, 4.69) is 20.8 Å². The maximum atomic E-state index is 13.4. The van der Waals surface area contributed by atoms with E-state index < -0.39 is 29.6 Å². The van der Waals surface area contributed by atoms with Gasteiger partial charge in [-0.05, 0) is 48.0 Å². The first-order chi connectivity index (χ1) is 15.8. The highest BCUT2D eigenvalue weighted by Crippen LogP contribution is 2.31. The summed E-state index contributed by atoms with van der Waals surface area (Å²) in [6.45, 7) is 0. The number of hydrogen-bond acceptors (Lipinski definition) is 4. The molecular formula is C23H16F4N4O2. The average Bonchev–Trinajstić information content (AvgIpc) is 3.28. The molecule has 2 N–H and O–H groups in total. The first kappa shape index (κ1) is 22.0. The molecule has 1 aromatic heterocycles. The van der Waals surface area contributed by atoms with Crippen LogP contribution in [0.2, 0.25) is 0 Å². The Hall–Kier alpha value is -4.21. The van der Waals surface area contributed by atoms with Crippen LogP contribution in [0.5, 0.6) is 0 Å². The van der Waals surface area contributed by atoms with Crippen LogP contribution in [0.4, 0.5) is 28.0 Å². The summed E-state index contributed by atoms with van der Waals surface area (Å²) >= 11 is 0. The number of carbonyl (C=O) groups is 1. The molecule has 0 aliphatic heterocycles. The summed E-state index contributed by atoms with van der Waals surface area (Å²) in [6.07, 6.45) is -4.55. The minimum atomic E-state index is -4.55. The van der Waals surface area contributed by atoms with Crippen LogP contribution in [0.1, 0.15) is 23.1 Å². The lowest BCUT2D eigenvalue weighted by atomic mass is 10.1. The van der Waals surface area contributed by atoms with Gasteiger partial charge in [0.25, 0.3) is 0 Å². The van der Waals surface area contributed by atoms with Crippen molar-refractivity contribution in [3.05, 3.63) is 102 Å². The number of halogens is 4. The average molecular weight is 456 g/mol. The number of alkyl halides is 3. The lowest BCUT2D eigenvalue weighted by molar-refractivity contribution is -0.137. The molecule has 4 rings (SSSR count).